The van der Waals surface area contributed by atoms with E-state index in [1.165, 1.54) is 0 Å². The maximum atomic E-state index is 5.33. The second kappa shape index (κ2) is 4.97. The second-order valence-electron chi connectivity index (χ2n) is 2.36. The third kappa shape index (κ3) is 2.81. The first-order valence-corrected chi connectivity index (χ1v) is 4.67. The molecule has 0 spiro atoms. The fourth-order valence-corrected chi connectivity index (χ4v) is 1.10. The van der Waals surface area contributed by atoms with Gasteiger partial charge < -0.3 is 9.47 Å². The van der Waals surface area contributed by atoms with Crippen molar-refractivity contribution in [1.29, 1.82) is 0 Å². The lowest BCUT2D eigenvalue weighted by molar-refractivity contribution is 0.277. The van der Waals surface area contributed by atoms with E-state index in [-0.39, 0.29) is 0 Å². The Balaban J connectivity index is 2.89. The molecule has 0 radical (unpaired) electrons. The smallest absolute Gasteiger partial charge is 0.257 e. The highest BCUT2D eigenvalue weighted by molar-refractivity contribution is 7.80. The summed E-state index contributed by atoms with van der Waals surface area (Å²) in [5, 5.41) is 0. The quantitative estimate of drug-likeness (QED) is 0.754. The Hall–Kier alpha value is -0.900. The van der Waals surface area contributed by atoms with E-state index >= 15 is 0 Å². The first-order chi connectivity index (χ1) is 6.27. The van der Waals surface area contributed by atoms with E-state index in [1.807, 2.05) is 13.8 Å². The summed E-state index contributed by atoms with van der Waals surface area (Å²) in [5.74, 6) is 1.18. The fourth-order valence-electron chi connectivity index (χ4n) is 0.926. The molecule has 0 atom stereocenters. The van der Waals surface area contributed by atoms with Gasteiger partial charge in [-0.2, -0.15) is 0 Å². The van der Waals surface area contributed by atoms with Crippen LogP contribution in [0.25, 0.3) is 0 Å². The van der Waals surface area contributed by atoms with Gasteiger partial charge in [0.25, 0.3) is 5.88 Å². The summed E-state index contributed by atoms with van der Waals surface area (Å²) in [6.45, 7) is 5.00. The second-order valence-corrected chi connectivity index (χ2v) is 2.88. The molecule has 0 aliphatic rings. The molecule has 1 aromatic rings. The van der Waals surface area contributed by atoms with E-state index in [9.17, 15) is 0 Å². The van der Waals surface area contributed by atoms with Gasteiger partial charge in [0.15, 0.2) is 5.75 Å². The predicted octanol–water partition coefficient (Wildman–Crippen LogP) is 2.17. The van der Waals surface area contributed by atoms with Crippen LogP contribution in [-0.2, 0) is 0 Å². The van der Waals surface area contributed by atoms with E-state index in [4.69, 9.17) is 9.47 Å². The maximum Gasteiger partial charge on any atom is 0.257 e. The van der Waals surface area contributed by atoms with Crippen molar-refractivity contribution in [3.63, 3.8) is 0 Å². The van der Waals surface area contributed by atoms with Crippen molar-refractivity contribution < 1.29 is 9.47 Å². The normalized spacial score (nSPS) is 9.77. The number of pyridine rings is 1. The van der Waals surface area contributed by atoms with Gasteiger partial charge in [0, 0.05) is 17.2 Å². The molecule has 0 bridgehead atoms. The molecule has 0 aromatic carbocycles. The Kier molecular flexibility index (Phi) is 3.89. The fraction of sp³-hybridized carbons (Fsp3) is 0.444. The lowest BCUT2D eigenvalue weighted by Gasteiger charge is -2.09. The van der Waals surface area contributed by atoms with Crippen molar-refractivity contribution in [2.75, 3.05) is 13.2 Å². The van der Waals surface area contributed by atoms with Crippen molar-refractivity contribution in [1.82, 2.24) is 4.98 Å². The van der Waals surface area contributed by atoms with Gasteiger partial charge in [-0.15, -0.1) is 12.6 Å². The molecule has 13 heavy (non-hydrogen) atoms. The number of nitrogens with zero attached hydrogens (tertiary/aromatic N) is 1. The molecule has 1 heterocycles. The molecule has 0 saturated heterocycles. The van der Waals surface area contributed by atoms with Gasteiger partial charge in [0.1, 0.15) is 0 Å². The van der Waals surface area contributed by atoms with Gasteiger partial charge in [-0.3, -0.25) is 0 Å². The van der Waals surface area contributed by atoms with E-state index in [0.717, 1.165) is 4.90 Å². The van der Waals surface area contributed by atoms with Crippen molar-refractivity contribution in [2.24, 2.45) is 0 Å². The van der Waals surface area contributed by atoms with E-state index < -0.39 is 0 Å². The monoisotopic (exact) mass is 199 g/mol. The zero-order valence-electron chi connectivity index (χ0n) is 7.78. The first kappa shape index (κ1) is 10.2. The Labute approximate surface area is 83.5 Å². The lowest BCUT2D eigenvalue weighted by atomic mass is 10.4. The standard InChI is InChI=1S/C9H13NO2S/c1-3-11-8-5-7(13)6-10-9(8)12-4-2/h5-6,13H,3-4H2,1-2H3. The Morgan fingerprint density at radius 2 is 2.00 bits per heavy atom. The predicted molar refractivity (Wildman–Crippen MR) is 53.8 cm³/mol. The van der Waals surface area contributed by atoms with Crippen molar-refractivity contribution in [3.8, 4) is 11.6 Å². The van der Waals surface area contributed by atoms with Crippen LogP contribution < -0.4 is 9.47 Å². The highest BCUT2D eigenvalue weighted by Crippen LogP contribution is 2.26. The molecule has 0 unspecified atom stereocenters. The van der Waals surface area contributed by atoms with Gasteiger partial charge in [0.05, 0.1) is 13.2 Å². The molecule has 0 fully saturated rings. The number of thiol groups is 1. The van der Waals surface area contributed by atoms with Crippen LogP contribution in [0.5, 0.6) is 11.6 Å². The van der Waals surface area contributed by atoms with E-state index in [0.29, 0.717) is 24.8 Å². The van der Waals surface area contributed by atoms with Crippen molar-refractivity contribution >= 4 is 12.6 Å². The van der Waals surface area contributed by atoms with Crippen LogP contribution in [-0.4, -0.2) is 18.2 Å². The molecular weight excluding hydrogens is 186 g/mol. The van der Waals surface area contributed by atoms with Crippen molar-refractivity contribution in [2.45, 2.75) is 18.7 Å². The largest absolute Gasteiger partial charge is 0.488 e. The Bertz CT molecular complexity index is 278. The summed E-state index contributed by atoms with van der Waals surface area (Å²) >= 11 is 4.16. The summed E-state index contributed by atoms with van der Waals surface area (Å²) in [7, 11) is 0. The molecule has 3 nitrogen and oxygen atoms in total. The molecule has 1 rings (SSSR count). The van der Waals surface area contributed by atoms with Crippen LogP contribution in [0, 0.1) is 0 Å². The van der Waals surface area contributed by atoms with Gasteiger partial charge in [0.2, 0.25) is 0 Å². The van der Waals surface area contributed by atoms with E-state index in [2.05, 4.69) is 17.6 Å². The molecule has 0 saturated carbocycles. The summed E-state index contributed by atoms with van der Waals surface area (Å²) in [6.07, 6.45) is 1.64. The van der Waals surface area contributed by atoms with Crippen LogP contribution in [0.15, 0.2) is 17.2 Å². The third-order valence-corrected chi connectivity index (χ3v) is 1.63. The molecule has 0 N–H and O–H groups in total. The van der Waals surface area contributed by atoms with Crippen LogP contribution in [0.2, 0.25) is 0 Å². The van der Waals surface area contributed by atoms with Crippen LogP contribution in [0.4, 0.5) is 0 Å². The maximum absolute atomic E-state index is 5.33. The summed E-state index contributed by atoms with van der Waals surface area (Å²) in [4.78, 5) is 4.83. The molecular formula is C9H13NO2S. The molecule has 4 heteroatoms. The number of aromatic nitrogens is 1. The average Bonchev–Trinajstić information content (AvgIpc) is 2.10. The summed E-state index contributed by atoms with van der Waals surface area (Å²) in [5.41, 5.74) is 0. The molecule has 0 aliphatic heterocycles. The first-order valence-electron chi connectivity index (χ1n) is 4.22. The van der Waals surface area contributed by atoms with Crippen LogP contribution in [0.3, 0.4) is 0 Å². The summed E-state index contributed by atoms with van der Waals surface area (Å²) in [6, 6.07) is 1.80. The van der Waals surface area contributed by atoms with Crippen molar-refractivity contribution in [3.05, 3.63) is 12.3 Å². The highest BCUT2D eigenvalue weighted by Gasteiger charge is 2.05. The van der Waals surface area contributed by atoms with Crippen LogP contribution in [0.1, 0.15) is 13.8 Å². The molecule has 1 aromatic heterocycles. The van der Waals surface area contributed by atoms with E-state index in [1.54, 1.807) is 12.3 Å². The summed E-state index contributed by atoms with van der Waals surface area (Å²) < 4.78 is 10.6. The Morgan fingerprint density at radius 3 is 2.62 bits per heavy atom. The third-order valence-electron chi connectivity index (χ3n) is 1.38. The van der Waals surface area contributed by atoms with Gasteiger partial charge >= 0.3 is 0 Å². The average molecular weight is 199 g/mol. The molecule has 72 valence electrons. The van der Waals surface area contributed by atoms with Gasteiger partial charge in [-0.1, -0.05) is 0 Å². The zero-order chi connectivity index (χ0) is 9.68. The highest BCUT2D eigenvalue weighted by atomic mass is 32.1. The lowest BCUT2D eigenvalue weighted by Crippen LogP contribution is -2.00. The minimum Gasteiger partial charge on any atom is -0.488 e. The minimum absolute atomic E-state index is 0.530. The van der Waals surface area contributed by atoms with Gasteiger partial charge in [-0.25, -0.2) is 4.98 Å². The zero-order valence-corrected chi connectivity index (χ0v) is 8.67. The number of hydrogen-bond donors (Lipinski definition) is 1. The Morgan fingerprint density at radius 1 is 1.31 bits per heavy atom. The molecule has 0 aliphatic carbocycles. The number of ether oxygens (including phenoxy) is 2. The molecule has 0 amide bonds. The number of hydrogen-bond acceptors (Lipinski definition) is 4. The number of rotatable bonds is 4. The topological polar surface area (TPSA) is 31.4 Å². The SMILES string of the molecule is CCOc1cc(S)cnc1OCC. The van der Waals surface area contributed by atoms with Gasteiger partial charge in [-0.05, 0) is 13.8 Å². The minimum atomic E-state index is 0.530. The van der Waals surface area contributed by atoms with Crippen LogP contribution >= 0.6 is 12.6 Å².